The molecule has 0 radical (unpaired) electrons. The molecule has 1 atom stereocenters. The summed E-state index contributed by atoms with van der Waals surface area (Å²) in [7, 11) is -3.19. The van der Waals surface area contributed by atoms with Gasteiger partial charge in [0.1, 0.15) is 10.4 Å². The second kappa shape index (κ2) is 6.54. The van der Waals surface area contributed by atoms with E-state index in [1.807, 2.05) is 0 Å². The van der Waals surface area contributed by atoms with Gasteiger partial charge in [0, 0.05) is 38.9 Å². The molecule has 3 aliphatic rings. The average molecular weight is 380 g/mol. The number of carbonyl (C=O) groups excluding carboxylic acids is 1. The Hall–Kier alpha value is -1.58. The van der Waals surface area contributed by atoms with Crippen LogP contribution >= 0.6 is 0 Å². The van der Waals surface area contributed by atoms with Crippen LogP contribution in [-0.2, 0) is 14.6 Å². The lowest BCUT2D eigenvalue weighted by molar-refractivity contribution is 0.0139. The van der Waals surface area contributed by atoms with Crippen molar-refractivity contribution in [3.05, 3.63) is 23.8 Å². The predicted octanol–water partition coefficient (Wildman–Crippen LogP) is -0.253. The minimum atomic E-state index is -3.19. The molecule has 0 N–H and O–H groups in total. The molecule has 1 aromatic rings. The van der Waals surface area contributed by atoms with E-state index in [-0.39, 0.29) is 36.4 Å². The van der Waals surface area contributed by atoms with E-state index in [4.69, 9.17) is 4.74 Å². The summed E-state index contributed by atoms with van der Waals surface area (Å²) in [6.07, 6.45) is 3.68. The first-order valence-electron chi connectivity index (χ1n) is 9.02. The minimum absolute atomic E-state index is 0.0683. The number of hydrogen-bond donors (Lipinski definition) is 0. The zero-order valence-corrected chi connectivity index (χ0v) is 15.7. The maximum Gasteiger partial charge on any atom is 0.274 e. The highest BCUT2D eigenvalue weighted by Gasteiger charge is 2.62. The number of hydrogen-bond acceptors (Lipinski definition) is 7. The summed E-state index contributed by atoms with van der Waals surface area (Å²) in [4.78, 5) is 24.7. The minimum Gasteiger partial charge on any atom is -0.379 e. The number of amides is 1. The van der Waals surface area contributed by atoms with Gasteiger partial charge in [0.05, 0.1) is 30.9 Å². The summed E-state index contributed by atoms with van der Waals surface area (Å²) < 4.78 is 30.1. The van der Waals surface area contributed by atoms with E-state index in [2.05, 4.69) is 14.9 Å². The molecule has 3 fully saturated rings. The first kappa shape index (κ1) is 17.8. The SMILES string of the molecule is Cc1cnc(C(=O)N2CC3(C2)C(CN2CCOCC2)CCS3(=O)=O)cn1. The van der Waals surface area contributed by atoms with E-state index in [0.717, 1.165) is 25.3 Å². The molecule has 0 aliphatic carbocycles. The molecule has 4 heterocycles. The van der Waals surface area contributed by atoms with Gasteiger partial charge >= 0.3 is 0 Å². The number of sulfone groups is 1. The molecule has 3 aliphatic heterocycles. The molecule has 3 saturated heterocycles. The number of morpholine rings is 1. The van der Waals surface area contributed by atoms with Crippen LogP contribution in [0.5, 0.6) is 0 Å². The number of ether oxygens (including phenoxy) is 1. The second-order valence-corrected chi connectivity index (χ2v) is 9.94. The number of likely N-dealkylation sites (tertiary alicyclic amines) is 1. The Balaban J connectivity index is 1.47. The highest BCUT2D eigenvalue weighted by atomic mass is 32.2. The van der Waals surface area contributed by atoms with Crippen molar-refractivity contribution in [3.8, 4) is 0 Å². The van der Waals surface area contributed by atoms with Crippen molar-refractivity contribution in [2.24, 2.45) is 5.92 Å². The molecule has 0 bridgehead atoms. The van der Waals surface area contributed by atoms with Gasteiger partial charge in [-0.15, -0.1) is 0 Å². The largest absolute Gasteiger partial charge is 0.379 e. The van der Waals surface area contributed by atoms with Crippen LogP contribution < -0.4 is 0 Å². The smallest absolute Gasteiger partial charge is 0.274 e. The lowest BCUT2D eigenvalue weighted by Gasteiger charge is -2.50. The summed E-state index contributed by atoms with van der Waals surface area (Å²) in [6, 6.07) is 0. The Kier molecular flexibility index (Phi) is 4.48. The number of nitrogens with zero attached hydrogens (tertiary/aromatic N) is 4. The van der Waals surface area contributed by atoms with Crippen LogP contribution in [0.2, 0.25) is 0 Å². The maximum absolute atomic E-state index is 12.8. The quantitative estimate of drug-likeness (QED) is 0.714. The third-order valence-electron chi connectivity index (χ3n) is 5.89. The number of aromatic nitrogens is 2. The molecule has 4 rings (SSSR count). The molecular weight excluding hydrogens is 356 g/mol. The molecule has 1 unspecified atom stereocenters. The van der Waals surface area contributed by atoms with Crippen molar-refractivity contribution in [3.63, 3.8) is 0 Å². The molecular formula is C17H24N4O4S. The van der Waals surface area contributed by atoms with E-state index in [0.29, 0.717) is 19.6 Å². The Morgan fingerprint density at radius 3 is 2.65 bits per heavy atom. The number of carbonyl (C=O) groups is 1. The first-order valence-corrected chi connectivity index (χ1v) is 10.7. The van der Waals surface area contributed by atoms with Crippen LogP contribution in [0.1, 0.15) is 22.6 Å². The molecule has 9 heteroatoms. The van der Waals surface area contributed by atoms with Crippen molar-refractivity contribution >= 4 is 15.7 Å². The fourth-order valence-electron chi connectivity index (χ4n) is 4.23. The average Bonchev–Trinajstić information content (AvgIpc) is 2.85. The van der Waals surface area contributed by atoms with Crippen molar-refractivity contribution in [1.82, 2.24) is 19.8 Å². The zero-order chi connectivity index (χ0) is 18.4. The van der Waals surface area contributed by atoms with Crippen molar-refractivity contribution in [2.75, 3.05) is 51.7 Å². The Morgan fingerprint density at radius 1 is 1.27 bits per heavy atom. The fourth-order valence-corrected chi connectivity index (χ4v) is 6.64. The third-order valence-corrected chi connectivity index (χ3v) is 8.49. The molecule has 1 aromatic heterocycles. The van der Waals surface area contributed by atoms with Gasteiger partial charge in [-0.3, -0.25) is 14.7 Å². The third kappa shape index (κ3) is 2.91. The monoisotopic (exact) mass is 380 g/mol. The van der Waals surface area contributed by atoms with Crippen molar-refractivity contribution in [1.29, 1.82) is 0 Å². The van der Waals surface area contributed by atoms with Gasteiger partial charge in [-0.25, -0.2) is 13.4 Å². The van der Waals surface area contributed by atoms with Gasteiger partial charge in [0.2, 0.25) is 0 Å². The van der Waals surface area contributed by atoms with Crippen LogP contribution in [0, 0.1) is 12.8 Å². The standard InChI is InChI=1S/C17H24N4O4S/c1-13-8-19-15(9-18-13)16(22)21-11-17(12-21)14(2-7-26(17,23)24)10-20-3-5-25-6-4-20/h8-9,14H,2-7,10-12H2,1H3. The number of aryl methyl sites for hydroxylation is 1. The summed E-state index contributed by atoms with van der Waals surface area (Å²) >= 11 is 0. The Labute approximate surface area is 153 Å². The zero-order valence-electron chi connectivity index (χ0n) is 14.9. The Morgan fingerprint density at radius 2 is 2.00 bits per heavy atom. The Bertz CT molecular complexity index is 783. The van der Waals surface area contributed by atoms with Crippen molar-refractivity contribution in [2.45, 2.75) is 18.1 Å². The van der Waals surface area contributed by atoms with E-state index in [1.54, 1.807) is 18.0 Å². The lowest BCUT2D eigenvalue weighted by Crippen LogP contribution is -2.69. The highest BCUT2D eigenvalue weighted by molar-refractivity contribution is 7.93. The summed E-state index contributed by atoms with van der Waals surface area (Å²) in [5.41, 5.74) is 1.01. The molecule has 0 aromatic carbocycles. The van der Waals surface area contributed by atoms with Crippen LogP contribution in [0.15, 0.2) is 12.4 Å². The van der Waals surface area contributed by atoms with Crippen LogP contribution in [0.3, 0.4) is 0 Å². The van der Waals surface area contributed by atoms with Gasteiger partial charge in [0.25, 0.3) is 5.91 Å². The molecule has 1 amide bonds. The van der Waals surface area contributed by atoms with Gasteiger partial charge < -0.3 is 9.64 Å². The van der Waals surface area contributed by atoms with Gasteiger partial charge in [-0.2, -0.15) is 0 Å². The van der Waals surface area contributed by atoms with Gasteiger partial charge in [-0.1, -0.05) is 0 Å². The van der Waals surface area contributed by atoms with Crippen molar-refractivity contribution < 1.29 is 17.9 Å². The molecule has 1 spiro atoms. The highest BCUT2D eigenvalue weighted by Crippen LogP contribution is 2.45. The topological polar surface area (TPSA) is 92.7 Å². The molecule has 142 valence electrons. The maximum atomic E-state index is 12.8. The van der Waals surface area contributed by atoms with E-state index < -0.39 is 14.6 Å². The number of rotatable bonds is 3. The summed E-state index contributed by atoms with van der Waals surface area (Å²) in [5, 5.41) is 0. The lowest BCUT2D eigenvalue weighted by atomic mass is 9.82. The molecule has 26 heavy (non-hydrogen) atoms. The van der Waals surface area contributed by atoms with E-state index >= 15 is 0 Å². The van der Waals surface area contributed by atoms with Gasteiger partial charge in [0.15, 0.2) is 9.84 Å². The van der Waals surface area contributed by atoms with E-state index in [9.17, 15) is 13.2 Å². The van der Waals surface area contributed by atoms with E-state index in [1.165, 1.54) is 6.20 Å². The predicted molar refractivity (Wildman–Crippen MR) is 94.6 cm³/mol. The summed E-state index contributed by atoms with van der Waals surface area (Å²) in [5.74, 6) is 0.0445. The second-order valence-electron chi connectivity index (χ2n) is 7.49. The van der Waals surface area contributed by atoms with Crippen LogP contribution in [-0.4, -0.2) is 90.5 Å². The first-order chi connectivity index (χ1) is 12.4. The normalized spacial score (nSPS) is 27.4. The summed E-state index contributed by atoms with van der Waals surface area (Å²) in [6.45, 7) is 6.17. The van der Waals surface area contributed by atoms with Crippen LogP contribution in [0.4, 0.5) is 0 Å². The fraction of sp³-hybridized carbons (Fsp3) is 0.706. The molecule has 8 nitrogen and oxygen atoms in total. The molecule has 0 saturated carbocycles. The van der Waals surface area contributed by atoms with Gasteiger partial charge in [-0.05, 0) is 19.3 Å². The van der Waals surface area contributed by atoms with Crippen LogP contribution in [0.25, 0.3) is 0 Å².